The highest BCUT2D eigenvalue weighted by atomic mass is 16.2. The largest absolute Gasteiger partial charge is 0.357 e. The molecule has 0 radical (unpaired) electrons. The maximum atomic E-state index is 11.9. The van der Waals surface area contributed by atoms with E-state index in [-0.39, 0.29) is 5.91 Å². The summed E-state index contributed by atoms with van der Waals surface area (Å²) in [5, 5.41) is 10.4. The highest BCUT2D eigenvalue weighted by Crippen LogP contribution is 2.25. The molecular weight excluding hydrogens is 378 g/mol. The number of nitrogens with zero attached hydrogens (tertiary/aromatic N) is 5. The molecule has 0 atom stereocenters. The molecule has 0 unspecified atom stereocenters. The molecule has 0 aliphatic carbocycles. The predicted octanol–water partition coefficient (Wildman–Crippen LogP) is 2.27. The standard InChI is InChI=1S/C22H31N7O/c1-2-23-22(28-11-8-19(9-12-28)21-25-16-26-27-21)24-14-17-5-3-6-18(13-17)15-29-10-4-7-20(29)30/h3,5-6,13,16,19H,2,4,7-12,14-15H2,1H3,(H,23,24)(H,25,26,27). The topological polar surface area (TPSA) is 89.5 Å². The number of hydrogen-bond donors (Lipinski definition) is 2. The van der Waals surface area contributed by atoms with Crippen LogP contribution in [0, 0.1) is 0 Å². The van der Waals surface area contributed by atoms with E-state index in [1.807, 2.05) is 4.90 Å². The number of piperidine rings is 1. The first kappa shape index (κ1) is 20.4. The zero-order valence-corrected chi connectivity index (χ0v) is 17.7. The molecule has 1 amide bonds. The highest BCUT2D eigenvalue weighted by molar-refractivity contribution is 5.80. The van der Waals surface area contributed by atoms with Gasteiger partial charge in [0.25, 0.3) is 0 Å². The fraction of sp³-hybridized carbons (Fsp3) is 0.545. The summed E-state index contributed by atoms with van der Waals surface area (Å²) in [4.78, 5) is 25.4. The number of aromatic amines is 1. The van der Waals surface area contributed by atoms with Gasteiger partial charge in [-0.1, -0.05) is 24.3 Å². The van der Waals surface area contributed by atoms with E-state index in [0.29, 0.717) is 25.4 Å². The SMILES string of the molecule is CCNC(=NCc1cccc(CN2CCCC2=O)c1)N1CCC(c2ncn[nH]2)CC1. The third-order valence-electron chi connectivity index (χ3n) is 5.90. The monoisotopic (exact) mass is 409 g/mol. The van der Waals surface area contributed by atoms with Gasteiger partial charge in [-0.15, -0.1) is 0 Å². The van der Waals surface area contributed by atoms with Crippen molar-refractivity contribution in [3.8, 4) is 0 Å². The van der Waals surface area contributed by atoms with Crippen LogP contribution in [0.5, 0.6) is 0 Å². The lowest BCUT2D eigenvalue weighted by Gasteiger charge is -2.33. The number of amides is 1. The van der Waals surface area contributed by atoms with Crippen LogP contribution in [-0.4, -0.2) is 63.0 Å². The molecule has 2 aliphatic rings. The number of likely N-dealkylation sites (tertiary alicyclic amines) is 2. The van der Waals surface area contributed by atoms with E-state index in [2.05, 4.69) is 56.6 Å². The van der Waals surface area contributed by atoms with Gasteiger partial charge in [0.2, 0.25) is 5.91 Å². The van der Waals surface area contributed by atoms with Crippen LogP contribution in [0.2, 0.25) is 0 Å². The van der Waals surface area contributed by atoms with Crippen LogP contribution in [0.4, 0.5) is 0 Å². The first-order valence-electron chi connectivity index (χ1n) is 11.0. The lowest BCUT2D eigenvalue weighted by molar-refractivity contribution is -0.128. The average Bonchev–Trinajstić information content (AvgIpc) is 3.44. The number of nitrogens with one attached hydrogen (secondary N) is 2. The van der Waals surface area contributed by atoms with Gasteiger partial charge in [0.1, 0.15) is 12.2 Å². The van der Waals surface area contributed by atoms with Crippen LogP contribution in [0.25, 0.3) is 0 Å². The molecule has 2 aromatic rings. The molecule has 0 bridgehead atoms. The molecule has 2 aliphatic heterocycles. The van der Waals surface area contributed by atoms with Crippen LogP contribution in [0.15, 0.2) is 35.6 Å². The molecule has 30 heavy (non-hydrogen) atoms. The Morgan fingerprint density at radius 2 is 2.10 bits per heavy atom. The van der Waals surface area contributed by atoms with Crippen molar-refractivity contribution in [3.63, 3.8) is 0 Å². The minimum atomic E-state index is 0.265. The molecule has 0 spiro atoms. The maximum absolute atomic E-state index is 11.9. The molecule has 8 heteroatoms. The summed E-state index contributed by atoms with van der Waals surface area (Å²) < 4.78 is 0. The summed E-state index contributed by atoms with van der Waals surface area (Å²) in [7, 11) is 0. The Balaban J connectivity index is 1.37. The van der Waals surface area contributed by atoms with Crippen LogP contribution < -0.4 is 5.32 Å². The normalized spacial score (nSPS) is 18.3. The second-order valence-corrected chi connectivity index (χ2v) is 8.04. The van der Waals surface area contributed by atoms with Gasteiger partial charge in [-0.2, -0.15) is 5.10 Å². The van der Waals surface area contributed by atoms with Crippen molar-refractivity contribution in [2.75, 3.05) is 26.2 Å². The van der Waals surface area contributed by atoms with E-state index in [0.717, 1.165) is 57.2 Å². The third kappa shape index (κ3) is 4.98. The molecule has 8 nitrogen and oxygen atoms in total. The number of carbonyl (C=O) groups excluding carboxylic acids is 1. The van der Waals surface area contributed by atoms with Gasteiger partial charge in [0.15, 0.2) is 5.96 Å². The fourth-order valence-corrected chi connectivity index (χ4v) is 4.29. The number of aliphatic imine (C=N–C) groups is 1. The Hall–Kier alpha value is -2.90. The summed E-state index contributed by atoms with van der Waals surface area (Å²) >= 11 is 0. The predicted molar refractivity (Wildman–Crippen MR) is 116 cm³/mol. The molecular formula is C22H31N7O. The molecule has 160 valence electrons. The number of rotatable bonds is 6. The van der Waals surface area contributed by atoms with E-state index in [9.17, 15) is 4.79 Å². The molecule has 2 fully saturated rings. The molecule has 1 aromatic heterocycles. The summed E-state index contributed by atoms with van der Waals surface area (Å²) in [6.07, 6.45) is 5.32. The Bertz CT molecular complexity index is 856. The number of carbonyl (C=O) groups is 1. The van der Waals surface area contributed by atoms with Gasteiger partial charge in [0.05, 0.1) is 6.54 Å². The van der Waals surface area contributed by atoms with Gasteiger partial charge in [-0.3, -0.25) is 9.89 Å². The lowest BCUT2D eigenvalue weighted by Crippen LogP contribution is -2.45. The van der Waals surface area contributed by atoms with Gasteiger partial charge < -0.3 is 15.1 Å². The zero-order valence-electron chi connectivity index (χ0n) is 17.7. The first-order chi connectivity index (χ1) is 14.7. The third-order valence-corrected chi connectivity index (χ3v) is 5.90. The molecule has 4 rings (SSSR count). The number of benzene rings is 1. The summed E-state index contributed by atoms with van der Waals surface area (Å²) in [6.45, 7) is 7.05. The van der Waals surface area contributed by atoms with Gasteiger partial charge in [0, 0.05) is 45.1 Å². The number of guanidine groups is 1. The van der Waals surface area contributed by atoms with Crippen LogP contribution in [-0.2, 0) is 17.9 Å². The maximum Gasteiger partial charge on any atom is 0.222 e. The fourth-order valence-electron chi connectivity index (χ4n) is 4.29. The number of H-pyrrole nitrogens is 1. The highest BCUT2D eigenvalue weighted by Gasteiger charge is 2.24. The van der Waals surface area contributed by atoms with Crippen molar-refractivity contribution in [2.24, 2.45) is 4.99 Å². The van der Waals surface area contributed by atoms with Crippen LogP contribution in [0.3, 0.4) is 0 Å². The van der Waals surface area contributed by atoms with Crippen molar-refractivity contribution in [1.29, 1.82) is 0 Å². The Morgan fingerprint density at radius 1 is 1.27 bits per heavy atom. The van der Waals surface area contributed by atoms with Crippen LogP contribution >= 0.6 is 0 Å². The second kappa shape index (κ2) is 9.73. The minimum absolute atomic E-state index is 0.265. The minimum Gasteiger partial charge on any atom is -0.357 e. The molecule has 0 saturated carbocycles. The first-order valence-corrected chi connectivity index (χ1v) is 11.0. The second-order valence-electron chi connectivity index (χ2n) is 8.04. The van der Waals surface area contributed by atoms with E-state index in [4.69, 9.17) is 4.99 Å². The van der Waals surface area contributed by atoms with Crippen LogP contribution in [0.1, 0.15) is 55.5 Å². The summed E-state index contributed by atoms with van der Waals surface area (Å²) in [6, 6.07) is 8.45. The zero-order chi connectivity index (χ0) is 20.8. The molecule has 3 heterocycles. The van der Waals surface area contributed by atoms with Crippen molar-refractivity contribution >= 4 is 11.9 Å². The van der Waals surface area contributed by atoms with Crippen molar-refractivity contribution in [3.05, 3.63) is 47.5 Å². The average molecular weight is 410 g/mol. The Labute approximate surface area is 177 Å². The van der Waals surface area contributed by atoms with E-state index in [1.54, 1.807) is 6.33 Å². The van der Waals surface area contributed by atoms with Crippen molar-refractivity contribution < 1.29 is 4.79 Å². The quantitative estimate of drug-likeness (QED) is 0.564. The lowest BCUT2D eigenvalue weighted by atomic mass is 9.96. The molecule has 2 saturated heterocycles. The van der Waals surface area contributed by atoms with E-state index in [1.165, 1.54) is 11.1 Å². The Morgan fingerprint density at radius 3 is 2.80 bits per heavy atom. The van der Waals surface area contributed by atoms with E-state index >= 15 is 0 Å². The summed E-state index contributed by atoms with van der Waals surface area (Å²) in [5.74, 6) is 2.66. The van der Waals surface area contributed by atoms with Crippen molar-refractivity contribution in [2.45, 2.75) is 51.6 Å². The number of hydrogen-bond acceptors (Lipinski definition) is 4. The number of aromatic nitrogens is 3. The van der Waals surface area contributed by atoms with Crippen molar-refractivity contribution in [1.82, 2.24) is 30.3 Å². The molecule has 2 N–H and O–H groups in total. The Kier molecular flexibility index (Phi) is 6.61. The van der Waals surface area contributed by atoms with E-state index < -0.39 is 0 Å². The smallest absolute Gasteiger partial charge is 0.222 e. The van der Waals surface area contributed by atoms with Gasteiger partial charge >= 0.3 is 0 Å². The molecule has 1 aromatic carbocycles. The van der Waals surface area contributed by atoms with Gasteiger partial charge in [-0.25, -0.2) is 9.98 Å². The van der Waals surface area contributed by atoms with Gasteiger partial charge in [-0.05, 0) is 37.3 Å². The summed E-state index contributed by atoms with van der Waals surface area (Å²) in [5.41, 5.74) is 2.35.